The number of likely N-dealkylation sites (tertiary alicyclic amines) is 1. The molecule has 0 bridgehead atoms. The average molecular weight is 279 g/mol. The Kier molecular flexibility index (Phi) is 4.14. The van der Waals surface area contributed by atoms with Crippen molar-refractivity contribution in [1.29, 1.82) is 0 Å². The number of aryl methyl sites for hydroxylation is 2. The zero-order valence-electron chi connectivity index (χ0n) is 11.2. The van der Waals surface area contributed by atoms with Crippen molar-refractivity contribution < 1.29 is 14.4 Å². The molecule has 1 aliphatic heterocycles. The maximum atomic E-state index is 12.2. The van der Waals surface area contributed by atoms with Gasteiger partial charge in [0, 0.05) is 28.2 Å². The lowest BCUT2D eigenvalue weighted by Gasteiger charge is -2.17. The number of hydrogen-bond acceptors (Lipinski definition) is 4. The fourth-order valence-corrected chi connectivity index (χ4v) is 3.22. The maximum Gasteiger partial charge on any atom is 0.229 e. The third kappa shape index (κ3) is 3.10. The van der Waals surface area contributed by atoms with Gasteiger partial charge in [0.2, 0.25) is 11.8 Å². The van der Waals surface area contributed by atoms with Gasteiger partial charge in [0.05, 0.1) is 6.54 Å². The number of nitrogens with zero attached hydrogens (tertiary/aromatic N) is 1. The van der Waals surface area contributed by atoms with Gasteiger partial charge in [0.15, 0.2) is 5.78 Å². The molecule has 1 saturated heterocycles. The number of Topliss-reactive ketones (excluding diaryl/α,β-unsaturated/α-hetero) is 1. The third-order valence-corrected chi connectivity index (χ3v) is 4.24. The molecule has 0 unspecified atom stereocenters. The van der Waals surface area contributed by atoms with Crippen molar-refractivity contribution in [1.82, 2.24) is 4.90 Å². The van der Waals surface area contributed by atoms with E-state index in [0.29, 0.717) is 18.4 Å². The highest BCUT2D eigenvalue weighted by molar-refractivity contribution is 7.12. The molecule has 2 rings (SSSR count). The molecular formula is C14H17NO3S. The van der Waals surface area contributed by atoms with Crippen LogP contribution in [0.3, 0.4) is 0 Å². The zero-order chi connectivity index (χ0) is 14.0. The maximum absolute atomic E-state index is 12.2. The van der Waals surface area contributed by atoms with Gasteiger partial charge in [-0.2, -0.15) is 0 Å². The second-order valence-corrected chi connectivity index (χ2v) is 6.29. The average Bonchev–Trinajstić information content (AvgIpc) is 2.61. The van der Waals surface area contributed by atoms with Gasteiger partial charge >= 0.3 is 0 Å². The van der Waals surface area contributed by atoms with Gasteiger partial charge in [0.25, 0.3) is 0 Å². The van der Waals surface area contributed by atoms with Crippen LogP contribution in [0, 0.1) is 13.8 Å². The molecule has 0 aromatic carbocycles. The highest BCUT2D eigenvalue weighted by Crippen LogP contribution is 2.22. The topological polar surface area (TPSA) is 54.5 Å². The quantitative estimate of drug-likeness (QED) is 0.631. The Balaban J connectivity index is 2.15. The van der Waals surface area contributed by atoms with Crippen LogP contribution < -0.4 is 0 Å². The minimum absolute atomic E-state index is 0.116. The second-order valence-electron chi connectivity index (χ2n) is 4.83. The summed E-state index contributed by atoms with van der Waals surface area (Å²) in [6, 6.07) is 1.83. The fourth-order valence-electron chi connectivity index (χ4n) is 2.27. The highest BCUT2D eigenvalue weighted by atomic mass is 32.1. The number of ketones is 1. The van der Waals surface area contributed by atoms with Crippen molar-refractivity contribution in [2.45, 2.75) is 39.5 Å². The smallest absolute Gasteiger partial charge is 0.229 e. The number of amides is 2. The highest BCUT2D eigenvalue weighted by Gasteiger charge is 2.27. The summed E-state index contributed by atoms with van der Waals surface area (Å²) < 4.78 is 0. The predicted octanol–water partition coefficient (Wildman–Crippen LogP) is 2.48. The monoisotopic (exact) mass is 279 g/mol. The molecule has 19 heavy (non-hydrogen) atoms. The molecule has 102 valence electrons. The standard InChI is InChI=1S/C14H17NO3S/c1-9-7-11(10(2)19-9)12(16)8-15-13(17)5-3-4-6-14(15)18/h7H,3-6,8H2,1-2H3. The molecule has 0 N–H and O–H groups in total. The van der Waals surface area contributed by atoms with Crippen LogP contribution in [0.5, 0.6) is 0 Å². The molecule has 0 radical (unpaired) electrons. The van der Waals surface area contributed by atoms with Crippen molar-refractivity contribution >= 4 is 28.9 Å². The molecule has 1 aromatic rings. The van der Waals surface area contributed by atoms with Crippen molar-refractivity contribution in [2.24, 2.45) is 0 Å². The number of rotatable bonds is 3. The summed E-state index contributed by atoms with van der Waals surface area (Å²) in [5.41, 5.74) is 0.632. The van der Waals surface area contributed by atoms with E-state index in [0.717, 1.165) is 27.5 Å². The first kappa shape index (κ1) is 13.9. The lowest BCUT2D eigenvalue weighted by molar-refractivity contribution is -0.143. The van der Waals surface area contributed by atoms with Crippen LogP contribution in [-0.4, -0.2) is 29.0 Å². The molecule has 0 saturated carbocycles. The first-order valence-corrected chi connectivity index (χ1v) is 7.24. The van der Waals surface area contributed by atoms with E-state index in [1.54, 1.807) is 11.3 Å². The van der Waals surface area contributed by atoms with Crippen LogP contribution >= 0.6 is 11.3 Å². The first-order chi connectivity index (χ1) is 8.99. The summed E-state index contributed by atoms with van der Waals surface area (Å²) in [6.45, 7) is 3.71. The minimum Gasteiger partial charge on any atom is -0.292 e. The largest absolute Gasteiger partial charge is 0.292 e. The minimum atomic E-state index is -0.222. The Labute approximate surface area is 116 Å². The summed E-state index contributed by atoms with van der Waals surface area (Å²) in [4.78, 5) is 39.0. The fraction of sp³-hybridized carbons (Fsp3) is 0.500. The lowest BCUT2D eigenvalue weighted by Crippen LogP contribution is -2.39. The second kappa shape index (κ2) is 5.65. The molecule has 1 aromatic heterocycles. The number of hydrogen-bond donors (Lipinski definition) is 0. The Hall–Kier alpha value is -1.49. The van der Waals surface area contributed by atoms with Crippen LogP contribution in [0.25, 0.3) is 0 Å². The molecular weight excluding hydrogens is 262 g/mol. The summed E-state index contributed by atoms with van der Waals surface area (Å²) >= 11 is 1.56. The van der Waals surface area contributed by atoms with Crippen molar-refractivity contribution in [3.8, 4) is 0 Å². The number of carbonyl (C=O) groups is 3. The van der Waals surface area contributed by atoms with E-state index in [1.165, 1.54) is 0 Å². The van der Waals surface area contributed by atoms with Crippen LogP contribution in [0.2, 0.25) is 0 Å². The van der Waals surface area contributed by atoms with Crippen LogP contribution in [0.15, 0.2) is 6.07 Å². The Bertz CT molecular complexity index is 515. The Morgan fingerprint density at radius 3 is 2.26 bits per heavy atom. The van der Waals surface area contributed by atoms with Gasteiger partial charge in [0.1, 0.15) is 0 Å². The van der Waals surface area contributed by atoms with E-state index in [1.807, 2.05) is 19.9 Å². The zero-order valence-corrected chi connectivity index (χ0v) is 12.0. The molecule has 4 nitrogen and oxygen atoms in total. The van der Waals surface area contributed by atoms with E-state index in [9.17, 15) is 14.4 Å². The van der Waals surface area contributed by atoms with Gasteiger partial charge in [-0.1, -0.05) is 0 Å². The van der Waals surface area contributed by atoms with E-state index >= 15 is 0 Å². The van der Waals surface area contributed by atoms with E-state index < -0.39 is 0 Å². The number of thiophene rings is 1. The molecule has 2 heterocycles. The molecule has 1 aliphatic rings. The van der Waals surface area contributed by atoms with Gasteiger partial charge in [-0.05, 0) is 32.8 Å². The van der Waals surface area contributed by atoms with Crippen LogP contribution in [0.1, 0.15) is 45.8 Å². The van der Waals surface area contributed by atoms with Gasteiger partial charge in [-0.3, -0.25) is 19.3 Å². The summed E-state index contributed by atoms with van der Waals surface area (Å²) in [5.74, 6) is -0.591. The lowest BCUT2D eigenvalue weighted by atomic mass is 10.1. The number of imide groups is 1. The summed E-state index contributed by atoms with van der Waals surface area (Å²) in [6.07, 6.45) is 2.18. The van der Waals surface area contributed by atoms with Crippen molar-refractivity contribution in [3.63, 3.8) is 0 Å². The van der Waals surface area contributed by atoms with Gasteiger partial charge in [-0.15, -0.1) is 11.3 Å². The van der Waals surface area contributed by atoms with E-state index in [4.69, 9.17) is 0 Å². The molecule has 2 amide bonds. The van der Waals surface area contributed by atoms with Gasteiger partial charge < -0.3 is 0 Å². The summed E-state index contributed by atoms with van der Waals surface area (Å²) in [7, 11) is 0. The molecule has 0 spiro atoms. The van der Waals surface area contributed by atoms with Crippen LogP contribution in [-0.2, 0) is 9.59 Å². The van der Waals surface area contributed by atoms with Crippen molar-refractivity contribution in [2.75, 3.05) is 6.54 Å². The molecule has 0 atom stereocenters. The van der Waals surface area contributed by atoms with E-state index in [-0.39, 0.29) is 24.1 Å². The number of carbonyl (C=O) groups excluding carboxylic acids is 3. The first-order valence-electron chi connectivity index (χ1n) is 6.42. The molecule has 5 heteroatoms. The Morgan fingerprint density at radius 2 is 1.79 bits per heavy atom. The van der Waals surface area contributed by atoms with Crippen molar-refractivity contribution in [3.05, 3.63) is 21.4 Å². The SMILES string of the molecule is Cc1cc(C(=O)CN2C(=O)CCCCC2=O)c(C)s1. The molecule has 0 aliphatic carbocycles. The third-order valence-electron chi connectivity index (χ3n) is 3.28. The predicted molar refractivity (Wildman–Crippen MR) is 73.3 cm³/mol. The Morgan fingerprint density at radius 1 is 1.21 bits per heavy atom. The van der Waals surface area contributed by atoms with Gasteiger partial charge in [-0.25, -0.2) is 0 Å². The van der Waals surface area contributed by atoms with E-state index in [2.05, 4.69) is 0 Å². The molecule has 1 fully saturated rings. The normalized spacial score (nSPS) is 16.6. The summed E-state index contributed by atoms with van der Waals surface area (Å²) in [5, 5.41) is 0. The van der Waals surface area contributed by atoms with Crippen LogP contribution in [0.4, 0.5) is 0 Å².